The van der Waals surface area contributed by atoms with Crippen LogP contribution in [0.15, 0.2) is 0 Å². The predicted octanol–water partition coefficient (Wildman–Crippen LogP) is 3.33. The Balaban J connectivity index is 0. The second-order valence-corrected chi connectivity index (χ2v) is 6.28. The average Bonchev–Trinajstić information content (AvgIpc) is 2.27. The van der Waals surface area contributed by atoms with Crippen molar-refractivity contribution in [2.24, 2.45) is 0 Å². The van der Waals surface area contributed by atoms with Crippen LogP contribution in [0.4, 0.5) is 0 Å². The molecule has 0 N–H and O–H groups in total. The maximum atomic E-state index is 10.9. The molecule has 0 saturated heterocycles. The topological polar surface area (TPSA) is 43.4 Å². The molecule has 0 bridgehead atoms. The van der Waals surface area contributed by atoms with Crippen molar-refractivity contribution in [3.8, 4) is 0 Å². The molecular formula is C11H24NaO3S2. The summed E-state index contributed by atoms with van der Waals surface area (Å²) in [6.07, 6.45) is 10.5. The zero-order valence-corrected chi connectivity index (χ0v) is 14.9. The van der Waals surface area contributed by atoms with Gasteiger partial charge in [0.15, 0.2) is 0 Å². The van der Waals surface area contributed by atoms with Crippen LogP contribution in [-0.4, -0.2) is 43.7 Å². The van der Waals surface area contributed by atoms with Crippen molar-refractivity contribution in [2.75, 3.05) is 5.75 Å². The van der Waals surface area contributed by atoms with Crippen LogP contribution in [0, 0.1) is 0 Å². The van der Waals surface area contributed by atoms with Gasteiger partial charge in [-0.1, -0.05) is 58.3 Å². The molecule has 0 aliphatic heterocycles. The number of thiol groups is 1. The van der Waals surface area contributed by atoms with Crippen LogP contribution in [0.25, 0.3) is 0 Å². The van der Waals surface area contributed by atoms with Crippen molar-refractivity contribution in [1.29, 1.82) is 0 Å². The van der Waals surface area contributed by atoms with Gasteiger partial charge in [-0.05, 0) is 19.3 Å². The molecule has 0 saturated carbocycles. The Hall–Kier alpha value is 1.26. The Morgan fingerprint density at radius 3 is 1.71 bits per heavy atom. The third-order valence-corrected chi connectivity index (χ3v) is 4.31. The van der Waals surface area contributed by atoms with Gasteiger partial charge in [0.25, 0.3) is 10.1 Å². The van der Waals surface area contributed by atoms with Gasteiger partial charge in [0, 0.05) is 29.6 Å². The monoisotopic (exact) mass is 291 g/mol. The SMILES string of the molecule is CCCCCCCCCCCS(=O)(=O)OS.[Na]. The number of rotatable bonds is 11. The maximum Gasteiger partial charge on any atom is 0.277 e. The van der Waals surface area contributed by atoms with Gasteiger partial charge in [-0.2, -0.15) is 8.42 Å². The van der Waals surface area contributed by atoms with Gasteiger partial charge >= 0.3 is 0 Å². The summed E-state index contributed by atoms with van der Waals surface area (Å²) < 4.78 is 25.9. The average molecular weight is 291 g/mol. The van der Waals surface area contributed by atoms with E-state index in [-0.39, 0.29) is 35.3 Å². The molecule has 0 amide bonds. The van der Waals surface area contributed by atoms with Crippen molar-refractivity contribution in [2.45, 2.75) is 64.7 Å². The molecule has 99 valence electrons. The summed E-state index contributed by atoms with van der Waals surface area (Å²) in [7, 11) is -3.36. The number of unbranched alkanes of at least 4 members (excludes halogenated alkanes) is 8. The third kappa shape index (κ3) is 15.2. The first-order chi connectivity index (χ1) is 7.62. The molecule has 0 aromatic rings. The summed E-state index contributed by atoms with van der Waals surface area (Å²) in [6.45, 7) is 2.21. The first-order valence-electron chi connectivity index (χ1n) is 6.18. The maximum absolute atomic E-state index is 10.9. The van der Waals surface area contributed by atoms with Crippen molar-refractivity contribution in [1.82, 2.24) is 0 Å². The van der Waals surface area contributed by atoms with Crippen LogP contribution in [0.2, 0.25) is 0 Å². The minimum absolute atomic E-state index is 0. The number of hydrogen-bond donors (Lipinski definition) is 1. The van der Waals surface area contributed by atoms with Gasteiger partial charge in [0.1, 0.15) is 0 Å². The first kappa shape index (κ1) is 20.6. The van der Waals surface area contributed by atoms with E-state index < -0.39 is 10.1 Å². The molecule has 0 heterocycles. The summed E-state index contributed by atoms with van der Waals surface area (Å²) in [5.41, 5.74) is 0. The van der Waals surface area contributed by atoms with Crippen molar-refractivity contribution in [3.63, 3.8) is 0 Å². The molecule has 0 fully saturated rings. The van der Waals surface area contributed by atoms with Gasteiger partial charge in [-0.25, -0.2) is 3.63 Å². The minimum Gasteiger partial charge on any atom is -0.201 e. The van der Waals surface area contributed by atoms with Crippen LogP contribution in [0.3, 0.4) is 0 Å². The van der Waals surface area contributed by atoms with E-state index in [0.29, 0.717) is 6.42 Å². The molecule has 6 heteroatoms. The van der Waals surface area contributed by atoms with Crippen LogP contribution in [-0.2, 0) is 13.7 Å². The zero-order chi connectivity index (χ0) is 12.3. The van der Waals surface area contributed by atoms with E-state index >= 15 is 0 Å². The van der Waals surface area contributed by atoms with Gasteiger partial charge in [-0.3, -0.25) is 0 Å². The summed E-state index contributed by atoms with van der Waals surface area (Å²) in [6, 6.07) is 0. The fourth-order valence-corrected chi connectivity index (χ4v) is 2.48. The van der Waals surface area contributed by atoms with Crippen molar-refractivity contribution < 1.29 is 12.0 Å². The summed E-state index contributed by atoms with van der Waals surface area (Å²) in [5.74, 6) is 0.0896. The summed E-state index contributed by atoms with van der Waals surface area (Å²) in [4.78, 5) is 0. The Morgan fingerprint density at radius 2 is 1.29 bits per heavy atom. The Bertz CT molecular complexity index is 243. The van der Waals surface area contributed by atoms with E-state index in [1.165, 1.54) is 38.5 Å². The quantitative estimate of drug-likeness (QED) is 0.275. The fraction of sp³-hybridized carbons (Fsp3) is 1.00. The van der Waals surface area contributed by atoms with Crippen LogP contribution >= 0.6 is 12.9 Å². The van der Waals surface area contributed by atoms with Gasteiger partial charge in [-0.15, -0.1) is 0 Å². The first-order valence-corrected chi connectivity index (χ1v) is 8.12. The van der Waals surface area contributed by atoms with Crippen LogP contribution in [0.1, 0.15) is 64.7 Å². The molecule has 0 atom stereocenters. The van der Waals surface area contributed by atoms with Crippen molar-refractivity contribution in [3.05, 3.63) is 0 Å². The summed E-state index contributed by atoms with van der Waals surface area (Å²) >= 11 is 3.30. The van der Waals surface area contributed by atoms with Gasteiger partial charge in [0.05, 0.1) is 5.75 Å². The van der Waals surface area contributed by atoms with E-state index in [4.69, 9.17) is 0 Å². The number of hydrogen-bond acceptors (Lipinski definition) is 4. The second-order valence-electron chi connectivity index (χ2n) is 4.16. The van der Waals surface area contributed by atoms with E-state index in [1.807, 2.05) is 0 Å². The van der Waals surface area contributed by atoms with E-state index in [9.17, 15) is 8.42 Å². The van der Waals surface area contributed by atoms with E-state index in [1.54, 1.807) is 0 Å². The predicted molar refractivity (Wildman–Crippen MR) is 76.8 cm³/mol. The van der Waals surface area contributed by atoms with Crippen LogP contribution in [0.5, 0.6) is 0 Å². The normalized spacial score (nSPS) is 11.2. The second kappa shape index (κ2) is 13.7. The van der Waals surface area contributed by atoms with Crippen molar-refractivity contribution >= 4 is 52.6 Å². The molecule has 0 aliphatic rings. The molecule has 0 spiro atoms. The standard InChI is InChI=1S/C11H24O3S2.Na/c1-2-3-4-5-6-7-8-9-10-11-16(12,13)14-15;/h15H,2-11H2,1H3;. The van der Waals surface area contributed by atoms with Gasteiger partial charge < -0.3 is 0 Å². The van der Waals surface area contributed by atoms with E-state index in [2.05, 4.69) is 23.5 Å². The molecular weight excluding hydrogens is 267 g/mol. The molecule has 17 heavy (non-hydrogen) atoms. The fourth-order valence-electron chi connectivity index (χ4n) is 1.63. The Morgan fingerprint density at radius 1 is 0.882 bits per heavy atom. The zero-order valence-electron chi connectivity index (χ0n) is 11.2. The molecule has 0 rings (SSSR count). The molecule has 0 aliphatic carbocycles. The smallest absolute Gasteiger partial charge is 0.201 e. The molecule has 0 unspecified atom stereocenters. The van der Waals surface area contributed by atoms with Crippen LogP contribution < -0.4 is 0 Å². The largest absolute Gasteiger partial charge is 0.277 e. The van der Waals surface area contributed by atoms with E-state index in [0.717, 1.165) is 12.8 Å². The molecule has 0 aromatic heterocycles. The molecule has 3 nitrogen and oxygen atoms in total. The van der Waals surface area contributed by atoms with Gasteiger partial charge in [0.2, 0.25) is 0 Å². The Labute approximate surface area is 134 Å². The summed E-state index contributed by atoms with van der Waals surface area (Å²) in [5, 5.41) is 0. The minimum atomic E-state index is -3.36. The molecule has 1 radical (unpaired) electrons. The Kier molecular flexibility index (Phi) is 16.6. The third-order valence-electron chi connectivity index (χ3n) is 2.61. The molecule has 0 aromatic carbocycles.